The average Bonchev–Trinajstić information content (AvgIpc) is 3.15. The maximum atomic E-state index is 13.1. The molecule has 2 aliphatic rings. The number of nitrogens with one attached hydrogen (secondary N) is 1. The first-order valence-corrected chi connectivity index (χ1v) is 11.4. The van der Waals surface area contributed by atoms with Crippen LogP contribution in [0.3, 0.4) is 0 Å². The van der Waals surface area contributed by atoms with Crippen LogP contribution in [0.1, 0.15) is 53.7 Å². The Labute approximate surface area is 194 Å². The van der Waals surface area contributed by atoms with E-state index in [2.05, 4.69) is 5.32 Å². The van der Waals surface area contributed by atoms with Gasteiger partial charge in [0.2, 0.25) is 5.91 Å². The van der Waals surface area contributed by atoms with Crippen LogP contribution in [0.15, 0.2) is 48.5 Å². The van der Waals surface area contributed by atoms with Gasteiger partial charge < -0.3 is 19.7 Å². The summed E-state index contributed by atoms with van der Waals surface area (Å²) >= 11 is 0. The molecule has 2 amide bonds. The number of amides is 2. The molecular weight excluding hydrogens is 420 g/mol. The third-order valence-electron chi connectivity index (χ3n) is 6.75. The number of benzene rings is 2. The molecule has 174 valence electrons. The van der Waals surface area contributed by atoms with Gasteiger partial charge in [0.05, 0.1) is 31.6 Å². The summed E-state index contributed by atoms with van der Waals surface area (Å²) in [6.07, 6.45) is 1.85. The van der Waals surface area contributed by atoms with Crippen molar-refractivity contribution in [2.24, 2.45) is 5.41 Å². The molecule has 2 aromatic rings. The maximum absolute atomic E-state index is 13.1. The highest BCUT2D eigenvalue weighted by atomic mass is 16.5. The Balaban J connectivity index is 1.43. The lowest BCUT2D eigenvalue weighted by Crippen LogP contribution is -2.48. The Morgan fingerprint density at radius 1 is 1.09 bits per heavy atom. The number of fused-ring (bicyclic) bond motifs is 1. The number of ether oxygens (including phenoxy) is 2. The third kappa shape index (κ3) is 4.72. The molecule has 0 saturated carbocycles. The SMILES string of the molecule is CCOC(=O)C1(Cc2ccc(OC)cc2)CCN(C(=O)CC2NC(=O)c3ccccc32)CC1. The molecule has 2 aromatic carbocycles. The molecule has 1 fully saturated rings. The zero-order chi connectivity index (χ0) is 23.4. The lowest BCUT2D eigenvalue weighted by atomic mass is 9.73. The number of carbonyl (C=O) groups is 3. The number of hydrogen-bond acceptors (Lipinski definition) is 5. The number of nitrogens with zero attached hydrogens (tertiary/aromatic N) is 1. The number of rotatable bonds is 7. The van der Waals surface area contributed by atoms with Crippen molar-refractivity contribution in [2.45, 2.75) is 38.6 Å². The van der Waals surface area contributed by atoms with Crippen LogP contribution in [0.25, 0.3) is 0 Å². The van der Waals surface area contributed by atoms with Crippen LogP contribution in [-0.2, 0) is 20.7 Å². The van der Waals surface area contributed by atoms with Gasteiger partial charge in [-0.2, -0.15) is 0 Å². The summed E-state index contributed by atoms with van der Waals surface area (Å²) in [6.45, 7) is 3.10. The van der Waals surface area contributed by atoms with E-state index < -0.39 is 5.41 Å². The molecule has 0 aliphatic carbocycles. The van der Waals surface area contributed by atoms with Crippen LogP contribution in [0, 0.1) is 5.41 Å². The van der Waals surface area contributed by atoms with E-state index in [-0.39, 0.29) is 30.2 Å². The van der Waals surface area contributed by atoms with E-state index in [1.807, 2.05) is 49.4 Å². The highest BCUT2D eigenvalue weighted by Crippen LogP contribution is 2.38. The van der Waals surface area contributed by atoms with Crippen LogP contribution in [0.2, 0.25) is 0 Å². The van der Waals surface area contributed by atoms with Gasteiger partial charge in [0.1, 0.15) is 5.75 Å². The van der Waals surface area contributed by atoms with Gasteiger partial charge >= 0.3 is 5.97 Å². The molecule has 7 nitrogen and oxygen atoms in total. The van der Waals surface area contributed by atoms with Crippen LogP contribution in [-0.4, -0.2) is 49.5 Å². The summed E-state index contributed by atoms with van der Waals surface area (Å²) < 4.78 is 10.7. The summed E-state index contributed by atoms with van der Waals surface area (Å²) in [5.41, 5.74) is 1.88. The molecule has 2 aliphatic heterocycles. The Bertz CT molecular complexity index is 1030. The van der Waals surface area contributed by atoms with Crippen LogP contribution in [0.4, 0.5) is 0 Å². The van der Waals surface area contributed by atoms with Gasteiger partial charge in [-0.15, -0.1) is 0 Å². The van der Waals surface area contributed by atoms with E-state index in [1.54, 1.807) is 18.1 Å². The molecule has 33 heavy (non-hydrogen) atoms. The molecule has 4 rings (SSSR count). The van der Waals surface area contributed by atoms with Gasteiger partial charge in [-0.05, 0) is 55.5 Å². The van der Waals surface area contributed by atoms with E-state index in [4.69, 9.17) is 9.47 Å². The first-order valence-electron chi connectivity index (χ1n) is 11.4. The zero-order valence-corrected chi connectivity index (χ0v) is 19.1. The van der Waals surface area contributed by atoms with E-state index in [1.165, 1.54) is 0 Å². The third-order valence-corrected chi connectivity index (χ3v) is 6.75. The number of methoxy groups -OCH3 is 1. The largest absolute Gasteiger partial charge is 0.497 e. The van der Waals surface area contributed by atoms with Crippen molar-refractivity contribution in [3.05, 3.63) is 65.2 Å². The highest BCUT2D eigenvalue weighted by molar-refractivity contribution is 5.99. The van der Waals surface area contributed by atoms with Gasteiger partial charge in [-0.1, -0.05) is 30.3 Å². The van der Waals surface area contributed by atoms with Crippen molar-refractivity contribution < 1.29 is 23.9 Å². The minimum Gasteiger partial charge on any atom is -0.497 e. The topological polar surface area (TPSA) is 84.9 Å². The number of esters is 1. The van der Waals surface area contributed by atoms with Gasteiger partial charge in [-0.25, -0.2) is 0 Å². The standard InChI is InChI=1S/C26H30N2O5/c1-3-33-25(31)26(17-18-8-10-19(32-2)11-9-18)12-14-28(15-13-26)23(29)16-22-20-6-4-5-7-21(20)24(30)27-22/h4-11,22H,3,12-17H2,1-2H3,(H,27,30). The molecule has 2 heterocycles. The van der Waals surface area contributed by atoms with E-state index in [0.717, 1.165) is 16.9 Å². The normalized spacial score (nSPS) is 18.9. The fraction of sp³-hybridized carbons (Fsp3) is 0.423. The smallest absolute Gasteiger partial charge is 0.312 e. The van der Waals surface area contributed by atoms with E-state index >= 15 is 0 Å². The van der Waals surface area contributed by atoms with Crippen LogP contribution in [0.5, 0.6) is 5.75 Å². The lowest BCUT2D eigenvalue weighted by molar-refractivity contribution is -0.160. The second-order valence-electron chi connectivity index (χ2n) is 8.72. The van der Waals surface area contributed by atoms with Crippen molar-refractivity contribution in [1.82, 2.24) is 10.2 Å². The summed E-state index contributed by atoms with van der Waals surface area (Å²) in [5.74, 6) is 0.414. The minimum atomic E-state index is -0.657. The molecule has 0 bridgehead atoms. The van der Waals surface area contributed by atoms with Crippen LogP contribution >= 0.6 is 0 Å². The van der Waals surface area contributed by atoms with E-state index in [9.17, 15) is 14.4 Å². The van der Waals surface area contributed by atoms with Gasteiger partial charge in [-0.3, -0.25) is 14.4 Å². The fourth-order valence-electron chi connectivity index (χ4n) is 4.84. The van der Waals surface area contributed by atoms with Crippen molar-refractivity contribution in [3.63, 3.8) is 0 Å². The van der Waals surface area contributed by atoms with Crippen molar-refractivity contribution in [3.8, 4) is 5.75 Å². The minimum absolute atomic E-state index is 0.0149. The number of likely N-dealkylation sites (tertiary alicyclic amines) is 1. The molecule has 0 spiro atoms. The predicted octanol–water partition coefficient (Wildman–Crippen LogP) is 3.28. The average molecular weight is 451 g/mol. The molecular formula is C26H30N2O5. The van der Waals surface area contributed by atoms with Gasteiger partial charge in [0.15, 0.2) is 0 Å². The van der Waals surface area contributed by atoms with E-state index in [0.29, 0.717) is 44.5 Å². The van der Waals surface area contributed by atoms with Gasteiger partial charge in [0, 0.05) is 18.7 Å². The summed E-state index contributed by atoms with van der Waals surface area (Å²) in [4.78, 5) is 40.0. The number of piperidine rings is 1. The lowest BCUT2D eigenvalue weighted by Gasteiger charge is -2.40. The maximum Gasteiger partial charge on any atom is 0.312 e. The molecule has 0 radical (unpaired) electrons. The highest BCUT2D eigenvalue weighted by Gasteiger charge is 2.44. The Hall–Kier alpha value is -3.35. The monoisotopic (exact) mass is 450 g/mol. The van der Waals surface area contributed by atoms with Crippen LogP contribution < -0.4 is 10.1 Å². The summed E-state index contributed by atoms with van der Waals surface area (Å²) in [7, 11) is 1.62. The molecule has 1 saturated heterocycles. The zero-order valence-electron chi connectivity index (χ0n) is 19.1. The number of hydrogen-bond donors (Lipinski definition) is 1. The second-order valence-corrected chi connectivity index (χ2v) is 8.72. The van der Waals surface area contributed by atoms with Crippen molar-refractivity contribution >= 4 is 17.8 Å². The second kappa shape index (κ2) is 9.65. The molecule has 7 heteroatoms. The molecule has 0 aromatic heterocycles. The fourth-order valence-corrected chi connectivity index (χ4v) is 4.84. The quantitative estimate of drug-likeness (QED) is 0.655. The first kappa shape index (κ1) is 22.8. The molecule has 1 atom stereocenters. The predicted molar refractivity (Wildman–Crippen MR) is 123 cm³/mol. The molecule has 1 unspecified atom stereocenters. The summed E-state index contributed by atoms with van der Waals surface area (Å²) in [5, 5.41) is 2.91. The Kier molecular flexibility index (Phi) is 6.67. The van der Waals surface area contributed by atoms with Crippen molar-refractivity contribution in [1.29, 1.82) is 0 Å². The first-order chi connectivity index (χ1) is 16.0. The molecule has 1 N–H and O–H groups in total. The van der Waals surface area contributed by atoms with Crippen molar-refractivity contribution in [2.75, 3.05) is 26.8 Å². The Morgan fingerprint density at radius 2 is 1.79 bits per heavy atom. The Morgan fingerprint density at radius 3 is 2.45 bits per heavy atom. The number of carbonyl (C=O) groups excluding carboxylic acids is 3. The van der Waals surface area contributed by atoms with Gasteiger partial charge in [0.25, 0.3) is 5.91 Å². The summed E-state index contributed by atoms with van der Waals surface area (Å²) in [6, 6.07) is 14.8.